The third-order valence-electron chi connectivity index (χ3n) is 8.55. The number of aromatic nitrogens is 1. The minimum atomic E-state index is -1.81. The lowest BCUT2D eigenvalue weighted by Crippen LogP contribution is -2.51. The van der Waals surface area contributed by atoms with Crippen LogP contribution in [0, 0.1) is 27.3 Å². The quantitative estimate of drug-likeness (QED) is 0.202. The monoisotopic (exact) mass is 585 g/mol. The number of nitriles is 1. The zero-order valence-corrected chi connectivity index (χ0v) is 23.3. The van der Waals surface area contributed by atoms with Crippen LogP contribution >= 0.6 is 0 Å². The van der Waals surface area contributed by atoms with Crippen molar-refractivity contribution in [2.45, 2.75) is 31.2 Å². The van der Waals surface area contributed by atoms with E-state index in [0.717, 1.165) is 0 Å². The topological polar surface area (TPSA) is 112 Å². The van der Waals surface area contributed by atoms with Crippen molar-refractivity contribution in [1.29, 1.82) is 5.26 Å². The standard InChI is InChI=1S/C34H24FN5O4/c35-27-13-3-1-9-22(27)21-38-28-14-4-2-12-25(28)34(33(38)42)26(20-36)32(37-17-5-6-18-37)39(29-15-8-16-30(41)31(29)34)23-10-7-11-24(19-23)40(43)44/h1-7,9-14,17-19H,8,15-16,21H2/t34-/m1/s1. The van der Waals surface area contributed by atoms with E-state index in [2.05, 4.69) is 6.07 Å². The van der Waals surface area contributed by atoms with Gasteiger partial charge in [-0.15, -0.1) is 0 Å². The van der Waals surface area contributed by atoms with E-state index in [-0.39, 0.29) is 35.6 Å². The van der Waals surface area contributed by atoms with Crippen LogP contribution in [0.5, 0.6) is 0 Å². The molecule has 1 amide bonds. The normalized spacial score (nSPS) is 19.4. The van der Waals surface area contributed by atoms with Gasteiger partial charge in [-0.1, -0.05) is 42.5 Å². The molecule has 7 rings (SSSR count). The average molecular weight is 586 g/mol. The van der Waals surface area contributed by atoms with E-state index >= 15 is 4.79 Å². The molecule has 0 saturated carbocycles. The molecule has 0 fully saturated rings. The predicted octanol–water partition coefficient (Wildman–Crippen LogP) is 6.24. The van der Waals surface area contributed by atoms with Crippen molar-refractivity contribution in [3.8, 4) is 6.07 Å². The van der Waals surface area contributed by atoms with Crippen LogP contribution in [0.25, 0.3) is 5.82 Å². The van der Waals surface area contributed by atoms with Crippen molar-refractivity contribution in [3.63, 3.8) is 0 Å². The zero-order valence-electron chi connectivity index (χ0n) is 23.3. The van der Waals surface area contributed by atoms with Crippen LogP contribution in [0.1, 0.15) is 30.4 Å². The van der Waals surface area contributed by atoms with E-state index in [1.54, 1.807) is 88.6 Å². The number of para-hydroxylation sites is 1. The first-order valence-electron chi connectivity index (χ1n) is 14.1. The van der Waals surface area contributed by atoms with E-state index in [0.29, 0.717) is 46.9 Å². The summed E-state index contributed by atoms with van der Waals surface area (Å²) in [6, 6.07) is 25.0. The summed E-state index contributed by atoms with van der Waals surface area (Å²) < 4.78 is 16.6. The van der Waals surface area contributed by atoms with Gasteiger partial charge in [-0.3, -0.25) is 24.6 Å². The fourth-order valence-corrected chi connectivity index (χ4v) is 6.78. The molecule has 4 aromatic rings. The number of ketones is 1. The van der Waals surface area contributed by atoms with Crippen molar-refractivity contribution >= 4 is 34.6 Å². The van der Waals surface area contributed by atoms with Gasteiger partial charge in [0.05, 0.1) is 22.7 Å². The number of nitrogens with zero attached hydrogens (tertiary/aromatic N) is 5. The number of allylic oxidation sites excluding steroid dienone is 1. The highest BCUT2D eigenvalue weighted by Gasteiger charge is 2.62. The van der Waals surface area contributed by atoms with Crippen LogP contribution in [0.4, 0.5) is 21.5 Å². The molecule has 216 valence electrons. The van der Waals surface area contributed by atoms with Gasteiger partial charge in [0.2, 0.25) is 5.91 Å². The first kappa shape index (κ1) is 27.0. The maximum atomic E-state index is 15.0. The van der Waals surface area contributed by atoms with E-state index in [9.17, 15) is 24.6 Å². The number of carbonyl (C=O) groups excluding carboxylic acids is 2. The number of benzene rings is 3. The molecule has 1 atom stereocenters. The Hall–Kier alpha value is -5.82. The van der Waals surface area contributed by atoms with Crippen molar-refractivity contribution in [2.75, 3.05) is 9.80 Å². The molecule has 0 N–H and O–H groups in total. The summed E-state index contributed by atoms with van der Waals surface area (Å²) in [5.74, 6) is -0.985. The number of non-ortho nitro benzene ring substituents is 1. The van der Waals surface area contributed by atoms with E-state index < -0.39 is 22.1 Å². The summed E-state index contributed by atoms with van der Waals surface area (Å²) in [4.78, 5) is 43.6. The molecule has 3 aromatic carbocycles. The molecule has 1 spiro atoms. The Bertz CT molecular complexity index is 1990. The number of carbonyl (C=O) groups is 2. The summed E-state index contributed by atoms with van der Waals surface area (Å²) in [6.45, 7) is -0.104. The number of amides is 1. The molecule has 10 heteroatoms. The Kier molecular flexibility index (Phi) is 6.25. The Morgan fingerprint density at radius 3 is 2.45 bits per heavy atom. The highest BCUT2D eigenvalue weighted by molar-refractivity contribution is 6.22. The van der Waals surface area contributed by atoms with Crippen LogP contribution in [-0.2, 0) is 21.5 Å². The third-order valence-corrected chi connectivity index (χ3v) is 8.55. The van der Waals surface area contributed by atoms with Crippen molar-refractivity contribution < 1.29 is 18.9 Å². The van der Waals surface area contributed by atoms with Gasteiger partial charge in [0, 0.05) is 59.0 Å². The number of nitro benzene ring substituents is 1. The predicted molar refractivity (Wildman–Crippen MR) is 160 cm³/mol. The lowest BCUT2D eigenvalue weighted by molar-refractivity contribution is -0.384. The molecular formula is C34H24FN5O4. The van der Waals surface area contributed by atoms with Crippen molar-refractivity contribution in [2.24, 2.45) is 0 Å². The molecule has 3 aliphatic rings. The number of fused-ring (bicyclic) bond motifs is 3. The van der Waals surface area contributed by atoms with Gasteiger partial charge < -0.3 is 9.47 Å². The number of nitro groups is 1. The Morgan fingerprint density at radius 2 is 1.70 bits per heavy atom. The summed E-state index contributed by atoms with van der Waals surface area (Å²) >= 11 is 0. The molecule has 3 heterocycles. The van der Waals surface area contributed by atoms with Crippen molar-refractivity contribution in [3.05, 3.63) is 141 Å². The fraction of sp³-hybridized carbons (Fsp3) is 0.147. The van der Waals surface area contributed by atoms with Gasteiger partial charge >= 0.3 is 0 Å². The maximum absolute atomic E-state index is 15.0. The van der Waals surface area contributed by atoms with E-state index in [1.165, 1.54) is 23.1 Å². The Labute approximate surface area is 251 Å². The minimum Gasteiger partial charge on any atom is -0.309 e. The van der Waals surface area contributed by atoms with Crippen LogP contribution in [0.3, 0.4) is 0 Å². The summed E-state index contributed by atoms with van der Waals surface area (Å²) in [5, 5.41) is 22.8. The molecule has 2 aliphatic heterocycles. The van der Waals surface area contributed by atoms with Crippen LogP contribution in [-0.4, -0.2) is 21.2 Å². The summed E-state index contributed by atoms with van der Waals surface area (Å²) in [6.07, 6.45) is 4.50. The lowest BCUT2D eigenvalue weighted by atomic mass is 9.63. The molecule has 9 nitrogen and oxygen atoms in total. The highest BCUT2D eigenvalue weighted by atomic mass is 19.1. The highest BCUT2D eigenvalue weighted by Crippen LogP contribution is 2.58. The second kappa shape index (κ2) is 10.2. The van der Waals surface area contributed by atoms with Gasteiger partial charge in [-0.05, 0) is 43.2 Å². The van der Waals surface area contributed by atoms with Gasteiger partial charge in [-0.2, -0.15) is 5.26 Å². The summed E-state index contributed by atoms with van der Waals surface area (Å²) in [5.41, 5.74) is 0.335. The van der Waals surface area contributed by atoms with Crippen molar-refractivity contribution in [1.82, 2.24) is 4.57 Å². The molecule has 1 aliphatic carbocycles. The molecule has 0 unspecified atom stereocenters. The van der Waals surface area contributed by atoms with Gasteiger partial charge in [0.25, 0.3) is 5.69 Å². The molecule has 0 radical (unpaired) electrons. The smallest absolute Gasteiger partial charge is 0.271 e. The first-order valence-corrected chi connectivity index (χ1v) is 14.1. The SMILES string of the molecule is N#CC1=C(n2cccc2)N(c2cccc([N+](=O)[O-])c2)C2=C(C(=O)CCC2)[C@]12C(=O)N(Cc1ccccc1F)c1ccccc12. The minimum absolute atomic E-state index is 0.00249. The molecule has 0 bridgehead atoms. The van der Waals surface area contributed by atoms with Gasteiger partial charge in [0.1, 0.15) is 23.1 Å². The van der Waals surface area contributed by atoms with Crippen LogP contribution < -0.4 is 9.80 Å². The Morgan fingerprint density at radius 1 is 0.955 bits per heavy atom. The zero-order chi connectivity index (χ0) is 30.6. The third kappa shape index (κ3) is 3.76. The maximum Gasteiger partial charge on any atom is 0.271 e. The second-order valence-electron chi connectivity index (χ2n) is 10.9. The number of Topliss-reactive ketones (excluding diaryl/α,β-unsaturated/α-hetero) is 1. The number of rotatable bonds is 5. The molecule has 0 saturated heterocycles. The first-order chi connectivity index (χ1) is 21.4. The van der Waals surface area contributed by atoms with E-state index in [4.69, 9.17) is 0 Å². The lowest BCUT2D eigenvalue weighted by Gasteiger charge is -2.45. The molecular weight excluding hydrogens is 561 g/mol. The van der Waals surface area contributed by atoms with Crippen LogP contribution in [0.15, 0.2) is 114 Å². The largest absolute Gasteiger partial charge is 0.309 e. The Balaban J connectivity index is 1.57. The van der Waals surface area contributed by atoms with Gasteiger partial charge in [-0.25, -0.2) is 4.39 Å². The number of anilines is 2. The average Bonchev–Trinajstić information content (AvgIpc) is 3.65. The van der Waals surface area contributed by atoms with Crippen LogP contribution in [0.2, 0.25) is 0 Å². The number of halogens is 1. The van der Waals surface area contributed by atoms with Gasteiger partial charge in [0.15, 0.2) is 5.78 Å². The molecule has 44 heavy (non-hydrogen) atoms. The number of hydrogen-bond acceptors (Lipinski definition) is 6. The number of hydrogen-bond donors (Lipinski definition) is 0. The fourth-order valence-electron chi connectivity index (χ4n) is 6.78. The second-order valence-corrected chi connectivity index (χ2v) is 10.9. The van der Waals surface area contributed by atoms with E-state index in [1.807, 2.05) is 0 Å². The summed E-state index contributed by atoms with van der Waals surface area (Å²) in [7, 11) is 0. The molecule has 1 aromatic heterocycles.